The van der Waals surface area contributed by atoms with Gasteiger partial charge >= 0.3 is 0 Å². The standard InChI is InChI=1S/C13H19ClN2O/c1-10(9-15)12-8-11(14)2-3-13(12)16-4-6-17-7-5-16/h2-3,8,10H,4-7,9,15H2,1H3. The van der Waals surface area contributed by atoms with Gasteiger partial charge in [0.2, 0.25) is 0 Å². The Labute approximate surface area is 107 Å². The lowest BCUT2D eigenvalue weighted by atomic mass is 9.98. The molecule has 0 aromatic heterocycles. The molecule has 0 amide bonds. The molecule has 0 saturated carbocycles. The molecule has 1 atom stereocenters. The van der Waals surface area contributed by atoms with Crippen LogP contribution in [0.15, 0.2) is 18.2 Å². The smallest absolute Gasteiger partial charge is 0.0642 e. The molecular weight excluding hydrogens is 236 g/mol. The molecule has 0 aliphatic carbocycles. The maximum atomic E-state index is 6.07. The molecule has 0 radical (unpaired) electrons. The number of rotatable bonds is 3. The molecule has 1 fully saturated rings. The first kappa shape index (κ1) is 12.7. The highest BCUT2D eigenvalue weighted by atomic mass is 35.5. The van der Waals surface area contributed by atoms with E-state index in [1.54, 1.807) is 0 Å². The minimum atomic E-state index is 0.326. The van der Waals surface area contributed by atoms with Crippen molar-refractivity contribution in [3.8, 4) is 0 Å². The fourth-order valence-electron chi connectivity index (χ4n) is 2.14. The van der Waals surface area contributed by atoms with Crippen LogP contribution in [-0.2, 0) is 4.74 Å². The molecule has 2 rings (SSSR count). The van der Waals surface area contributed by atoms with Gasteiger partial charge in [-0.3, -0.25) is 0 Å². The van der Waals surface area contributed by atoms with Crippen LogP contribution in [0.1, 0.15) is 18.4 Å². The van der Waals surface area contributed by atoms with Gasteiger partial charge in [-0.2, -0.15) is 0 Å². The van der Waals surface area contributed by atoms with Gasteiger partial charge in [0.1, 0.15) is 0 Å². The molecule has 1 aliphatic heterocycles. The van der Waals surface area contributed by atoms with Crippen LogP contribution in [0.25, 0.3) is 0 Å². The normalized spacial score (nSPS) is 18.2. The monoisotopic (exact) mass is 254 g/mol. The van der Waals surface area contributed by atoms with Crippen molar-refractivity contribution in [2.24, 2.45) is 5.73 Å². The van der Waals surface area contributed by atoms with Gasteiger partial charge in [-0.25, -0.2) is 0 Å². The third kappa shape index (κ3) is 2.92. The molecule has 0 spiro atoms. The van der Waals surface area contributed by atoms with Crippen molar-refractivity contribution in [2.75, 3.05) is 37.7 Å². The second-order valence-corrected chi connectivity index (χ2v) is 4.88. The molecule has 1 heterocycles. The van der Waals surface area contributed by atoms with Crippen LogP contribution in [0.3, 0.4) is 0 Å². The Balaban J connectivity index is 2.30. The molecule has 94 valence electrons. The molecule has 1 aromatic rings. The van der Waals surface area contributed by atoms with Gasteiger partial charge < -0.3 is 15.4 Å². The van der Waals surface area contributed by atoms with Gasteiger partial charge in [-0.05, 0) is 36.2 Å². The zero-order chi connectivity index (χ0) is 12.3. The van der Waals surface area contributed by atoms with Crippen LogP contribution >= 0.6 is 11.6 Å². The highest BCUT2D eigenvalue weighted by Gasteiger charge is 2.17. The lowest BCUT2D eigenvalue weighted by molar-refractivity contribution is 0.122. The van der Waals surface area contributed by atoms with Crippen LogP contribution in [0.4, 0.5) is 5.69 Å². The Morgan fingerprint density at radius 2 is 2.12 bits per heavy atom. The van der Waals surface area contributed by atoms with Crippen LogP contribution < -0.4 is 10.6 Å². The van der Waals surface area contributed by atoms with E-state index >= 15 is 0 Å². The largest absolute Gasteiger partial charge is 0.378 e. The summed E-state index contributed by atoms with van der Waals surface area (Å²) in [6, 6.07) is 6.07. The number of hydrogen-bond acceptors (Lipinski definition) is 3. The number of nitrogens with two attached hydrogens (primary N) is 1. The van der Waals surface area contributed by atoms with Crippen molar-refractivity contribution >= 4 is 17.3 Å². The van der Waals surface area contributed by atoms with Crippen molar-refractivity contribution in [2.45, 2.75) is 12.8 Å². The average Bonchev–Trinajstić information content (AvgIpc) is 2.38. The molecule has 2 N–H and O–H groups in total. The minimum absolute atomic E-state index is 0.326. The van der Waals surface area contributed by atoms with E-state index in [0.29, 0.717) is 12.5 Å². The number of benzene rings is 1. The Morgan fingerprint density at radius 1 is 1.41 bits per heavy atom. The first-order valence-corrected chi connectivity index (χ1v) is 6.42. The molecule has 3 nitrogen and oxygen atoms in total. The number of nitrogens with zero attached hydrogens (tertiary/aromatic N) is 1. The molecular formula is C13H19ClN2O. The third-order valence-electron chi connectivity index (χ3n) is 3.23. The predicted octanol–water partition coefficient (Wildman–Crippen LogP) is 2.24. The van der Waals surface area contributed by atoms with Gasteiger partial charge in [0, 0.05) is 23.8 Å². The zero-order valence-electron chi connectivity index (χ0n) is 10.2. The van der Waals surface area contributed by atoms with Gasteiger partial charge in [0.05, 0.1) is 13.2 Å². The SMILES string of the molecule is CC(CN)c1cc(Cl)ccc1N1CCOCC1. The van der Waals surface area contributed by atoms with E-state index in [-0.39, 0.29) is 0 Å². The van der Waals surface area contributed by atoms with Gasteiger partial charge in [0.25, 0.3) is 0 Å². The fourth-order valence-corrected chi connectivity index (χ4v) is 2.32. The van der Waals surface area contributed by atoms with Crippen molar-refractivity contribution in [3.63, 3.8) is 0 Å². The molecule has 1 saturated heterocycles. The highest BCUT2D eigenvalue weighted by molar-refractivity contribution is 6.30. The molecule has 0 bridgehead atoms. The van der Waals surface area contributed by atoms with E-state index in [4.69, 9.17) is 22.1 Å². The number of anilines is 1. The molecule has 4 heteroatoms. The van der Waals surface area contributed by atoms with Crippen LogP contribution in [-0.4, -0.2) is 32.8 Å². The molecule has 1 unspecified atom stereocenters. The second-order valence-electron chi connectivity index (χ2n) is 4.44. The molecule has 17 heavy (non-hydrogen) atoms. The Hall–Kier alpha value is -0.770. The lowest BCUT2D eigenvalue weighted by Crippen LogP contribution is -2.37. The minimum Gasteiger partial charge on any atom is -0.378 e. The summed E-state index contributed by atoms with van der Waals surface area (Å²) in [4.78, 5) is 2.35. The van der Waals surface area contributed by atoms with Crippen molar-refractivity contribution < 1.29 is 4.74 Å². The second kappa shape index (κ2) is 5.71. The predicted molar refractivity (Wildman–Crippen MR) is 72.0 cm³/mol. The topological polar surface area (TPSA) is 38.5 Å². The van der Waals surface area contributed by atoms with E-state index in [9.17, 15) is 0 Å². The Morgan fingerprint density at radius 3 is 2.76 bits per heavy atom. The summed E-state index contributed by atoms with van der Waals surface area (Å²) in [5, 5.41) is 0.775. The van der Waals surface area contributed by atoms with E-state index < -0.39 is 0 Å². The number of halogens is 1. The van der Waals surface area contributed by atoms with Crippen molar-refractivity contribution in [1.29, 1.82) is 0 Å². The van der Waals surface area contributed by atoms with Crippen LogP contribution in [0.5, 0.6) is 0 Å². The molecule has 1 aliphatic rings. The van der Waals surface area contributed by atoms with Crippen molar-refractivity contribution in [1.82, 2.24) is 0 Å². The summed E-state index contributed by atoms with van der Waals surface area (Å²) in [6.07, 6.45) is 0. The summed E-state index contributed by atoms with van der Waals surface area (Å²) in [5.74, 6) is 0.326. The first-order valence-electron chi connectivity index (χ1n) is 6.04. The number of ether oxygens (including phenoxy) is 1. The van der Waals surface area contributed by atoms with Crippen LogP contribution in [0, 0.1) is 0 Å². The maximum absolute atomic E-state index is 6.07. The summed E-state index contributed by atoms with van der Waals surface area (Å²) in [7, 11) is 0. The Bertz CT molecular complexity index is 378. The zero-order valence-corrected chi connectivity index (χ0v) is 10.9. The number of morpholine rings is 1. The van der Waals surface area contributed by atoms with E-state index in [2.05, 4.69) is 17.9 Å². The van der Waals surface area contributed by atoms with Gasteiger partial charge in [-0.15, -0.1) is 0 Å². The van der Waals surface area contributed by atoms with E-state index in [1.807, 2.05) is 12.1 Å². The number of hydrogen-bond donors (Lipinski definition) is 1. The quantitative estimate of drug-likeness (QED) is 0.899. The first-order chi connectivity index (χ1) is 8.22. The van der Waals surface area contributed by atoms with E-state index in [0.717, 1.165) is 31.3 Å². The van der Waals surface area contributed by atoms with Gasteiger partial charge in [-0.1, -0.05) is 18.5 Å². The van der Waals surface area contributed by atoms with Gasteiger partial charge in [0.15, 0.2) is 0 Å². The maximum Gasteiger partial charge on any atom is 0.0642 e. The fraction of sp³-hybridized carbons (Fsp3) is 0.538. The summed E-state index contributed by atoms with van der Waals surface area (Å²) < 4.78 is 5.38. The Kier molecular flexibility index (Phi) is 4.26. The average molecular weight is 255 g/mol. The highest BCUT2D eigenvalue weighted by Crippen LogP contribution is 2.30. The van der Waals surface area contributed by atoms with Crippen LogP contribution in [0.2, 0.25) is 5.02 Å². The third-order valence-corrected chi connectivity index (χ3v) is 3.46. The van der Waals surface area contributed by atoms with Crippen molar-refractivity contribution in [3.05, 3.63) is 28.8 Å². The summed E-state index contributed by atoms with van der Waals surface area (Å²) >= 11 is 6.07. The lowest BCUT2D eigenvalue weighted by Gasteiger charge is -2.31. The summed E-state index contributed by atoms with van der Waals surface area (Å²) in [5.41, 5.74) is 8.25. The van der Waals surface area contributed by atoms with E-state index in [1.165, 1.54) is 11.3 Å². The molecule has 1 aromatic carbocycles. The summed E-state index contributed by atoms with van der Waals surface area (Å²) in [6.45, 7) is 6.23.